The molecule has 0 fully saturated rings. The SMILES string of the molecule is O=c1c2[nH]ncc2nnn1Cc1c(F)cccc1F. The first-order chi connectivity index (χ1) is 9.16. The maximum absolute atomic E-state index is 13.5. The van der Waals surface area contributed by atoms with E-state index in [-0.39, 0.29) is 17.6 Å². The van der Waals surface area contributed by atoms with Crippen molar-refractivity contribution in [3.63, 3.8) is 0 Å². The number of hydrogen-bond acceptors (Lipinski definition) is 4. The van der Waals surface area contributed by atoms with Crippen LogP contribution < -0.4 is 5.56 Å². The largest absolute Gasteiger partial charge is 0.295 e. The van der Waals surface area contributed by atoms with Gasteiger partial charge in [-0.1, -0.05) is 11.3 Å². The molecule has 0 saturated carbocycles. The summed E-state index contributed by atoms with van der Waals surface area (Å²) in [7, 11) is 0. The highest BCUT2D eigenvalue weighted by molar-refractivity contribution is 5.70. The predicted octanol–water partition coefficient (Wildman–Crippen LogP) is 0.841. The summed E-state index contributed by atoms with van der Waals surface area (Å²) in [6.07, 6.45) is 1.34. The van der Waals surface area contributed by atoms with Gasteiger partial charge >= 0.3 is 0 Å². The van der Waals surface area contributed by atoms with E-state index in [1.54, 1.807) is 0 Å². The van der Waals surface area contributed by atoms with Crippen LogP contribution in [0.3, 0.4) is 0 Å². The number of rotatable bonds is 2. The summed E-state index contributed by atoms with van der Waals surface area (Å²) in [5, 5.41) is 13.5. The van der Waals surface area contributed by atoms with Gasteiger partial charge in [-0.2, -0.15) is 5.10 Å². The second kappa shape index (κ2) is 4.23. The number of aromatic amines is 1. The molecule has 2 aromatic heterocycles. The topological polar surface area (TPSA) is 76.5 Å². The lowest BCUT2D eigenvalue weighted by Crippen LogP contribution is -2.25. The van der Waals surface area contributed by atoms with Crippen molar-refractivity contribution in [2.75, 3.05) is 0 Å². The molecular weight excluding hydrogens is 256 g/mol. The Bertz CT molecular complexity index is 790. The third-order valence-corrected chi connectivity index (χ3v) is 2.70. The van der Waals surface area contributed by atoms with Crippen molar-refractivity contribution >= 4 is 11.0 Å². The van der Waals surface area contributed by atoms with Gasteiger partial charge in [-0.15, -0.1) is 5.10 Å². The molecule has 0 aliphatic rings. The lowest BCUT2D eigenvalue weighted by Gasteiger charge is -2.05. The Kier molecular flexibility index (Phi) is 2.55. The lowest BCUT2D eigenvalue weighted by atomic mass is 10.2. The molecule has 19 heavy (non-hydrogen) atoms. The third kappa shape index (κ3) is 1.86. The summed E-state index contributed by atoms with van der Waals surface area (Å²) in [5.74, 6) is -1.48. The molecule has 6 nitrogen and oxygen atoms in total. The zero-order valence-electron chi connectivity index (χ0n) is 9.47. The first-order valence-electron chi connectivity index (χ1n) is 5.36. The van der Waals surface area contributed by atoms with E-state index in [1.165, 1.54) is 12.3 Å². The molecule has 1 aromatic carbocycles. The van der Waals surface area contributed by atoms with Crippen molar-refractivity contribution in [2.45, 2.75) is 6.54 Å². The third-order valence-electron chi connectivity index (χ3n) is 2.70. The van der Waals surface area contributed by atoms with Gasteiger partial charge < -0.3 is 0 Å². The Morgan fingerprint density at radius 2 is 2.00 bits per heavy atom. The van der Waals surface area contributed by atoms with Crippen LogP contribution >= 0.6 is 0 Å². The fraction of sp³-hybridized carbons (Fsp3) is 0.0909. The zero-order chi connectivity index (χ0) is 13.4. The second-order valence-corrected chi connectivity index (χ2v) is 3.88. The number of hydrogen-bond donors (Lipinski definition) is 1. The molecule has 0 amide bonds. The van der Waals surface area contributed by atoms with Gasteiger partial charge in [0.25, 0.3) is 5.56 Å². The molecule has 0 spiro atoms. The average molecular weight is 263 g/mol. The van der Waals surface area contributed by atoms with E-state index in [9.17, 15) is 13.6 Å². The molecule has 0 atom stereocenters. The molecule has 0 unspecified atom stereocenters. The van der Waals surface area contributed by atoms with Gasteiger partial charge in [0.2, 0.25) is 0 Å². The standard InChI is InChI=1S/C11H7F2N5O/c12-7-2-1-3-8(13)6(7)5-18-11(19)10-9(15-17-18)4-14-16-10/h1-4H,5H2,(H,14,16). The van der Waals surface area contributed by atoms with Crippen LogP contribution in [-0.4, -0.2) is 25.2 Å². The van der Waals surface area contributed by atoms with Gasteiger partial charge in [-0.05, 0) is 12.1 Å². The zero-order valence-corrected chi connectivity index (χ0v) is 9.47. The predicted molar refractivity (Wildman–Crippen MR) is 61.4 cm³/mol. The van der Waals surface area contributed by atoms with Gasteiger partial charge in [0, 0.05) is 5.56 Å². The summed E-state index contributed by atoms with van der Waals surface area (Å²) in [4.78, 5) is 12.0. The van der Waals surface area contributed by atoms with Gasteiger partial charge in [0.15, 0.2) is 5.52 Å². The normalized spacial score (nSPS) is 11.1. The monoisotopic (exact) mass is 263 g/mol. The number of aromatic nitrogens is 5. The van der Waals surface area contributed by atoms with Gasteiger partial charge in [-0.25, -0.2) is 13.5 Å². The molecule has 8 heteroatoms. The number of H-pyrrole nitrogens is 1. The smallest absolute Gasteiger partial charge is 0.271 e. The number of halogens is 2. The summed E-state index contributed by atoms with van der Waals surface area (Å²) in [5.41, 5.74) is -0.329. The molecule has 0 aliphatic heterocycles. The van der Waals surface area contributed by atoms with Crippen molar-refractivity contribution < 1.29 is 8.78 Å². The lowest BCUT2D eigenvalue weighted by molar-refractivity contribution is 0.515. The number of fused-ring (bicyclic) bond motifs is 1. The highest BCUT2D eigenvalue weighted by atomic mass is 19.1. The molecule has 0 saturated heterocycles. The van der Waals surface area contributed by atoms with E-state index in [1.807, 2.05) is 0 Å². The first kappa shape index (κ1) is 11.5. The Balaban J connectivity index is 2.11. The average Bonchev–Trinajstić information content (AvgIpc) is 2.85. The fourth-order valence-corrected chi connectivity index (χ4v) is 1.72. The molecule has 0 bridgehead atoms. The molecular formula is C11H7F2N5O. The molecule has 96 valence electrons. The van der Waals surface area contributed by atoms with Crippen LogP contribution in [0.2, 0.25) is 0 Å². The van der Waals surface area contributed by atoms with Crippen LogP contribution in [0.25, 0.3) is 11.0 Å². The summed E-state index contributed by atoms with van der Waals surface area (Å²) >= 11 is 0. The van der Waals surface area contributed by atoms with E-state index < -0.39 is 17.2 Å². The molecule has 2 heterocycles. The van der Waals surface area contributed by atoms with Crippen molar-refractivity contribution in [3.05, 3.63) is 51.9 Å². The Labute approximate surface area is 104 Å². The van der Waals surface area contributed by atoms with Gasteiger partial charge in [0.1, 0.15) is 17.2 Å². The van der Waals surface area contributed by atoms with Crippen LogP contribution in [0.5, 0.6) is 0 Å². The Hall–Kier alpha value is -2.64. The van der Waals surface area contributed by atoms with E-state index in [2.05, 4.69) is 20.5 Å². The Morgan fingerprint density at radius 1 is 1.26 bits per heavy atom. The molecule has 3 aromatic rings. The summed E-state index contributed by atoms with van der Waals surface area (Å²) in [6, 6.07) is 3.48. The quantitative estimate of drug-likeness (QED) is 0.743. The van der Waals surface area contributed by atoms with E-state index in [4.69, 9.17) is 0 Å². The number of benzene rings is 1. The van der Waals surface area contributed by atoms with E-state index in [0.29, 0.717) is 5.52 Å². The highest BCUT2D eigenvalue weighted by Gasteiger charge is 2.13. The van der Waals surface area contributed by atoms with Crippen molar-refractivity contribution in [2.24, 2.45) is 0 Å². The Morgan fingerprint density at radius 3 is 2.74 bits per heavy atom. The van der Waals surface area contributed by atoms with Crippen molar-refractivity contribution in [3.8, 4) is 0 Å². The van der Waals surface area contributed by atoms with Crippen LogP contribution in [0.1, 0.15) is 5.56 Å². The van der Waals surface area contributed by atoms with Crippen molar-refractivity contribution in [1.29, 1.82) is 0 Å². The van der Waals surface area contributed by atoms with Crippen LogP contribution in [0, 0.1) is 11.6 Å². The van der Waals surface area contributed by atoms with Gasteiger partial charge in [0.05, 0.1) is 12.7 Å². The minimum atomic E-state index is -0.738. The summed E-state index contributed by atoms with van der Waals surface area (Å²) < 4.78 is 27.9. The minimum Gasteiger partial charge on any atom is -0.271 e. The first-order valence-corrected chi connectivity index (χ1v) is 5.36. The van der Waals surface area contributed by atoms with Crippen LogP contribution in [0.15, 0.2) is 29.2 Å². The maximum Gasteiger partial charge on any atom is 0.295 e. The molecule has 0 aliphatic carbocycles. The highest BCUT2D eigenvalue weighted by Crippen LogP contribution is 2.12. The number of nitrogens with zero attached hydrogens (tertiary/aromatic N) is 4. The van der Waals surface area contributed by atoms with E-state index >= 15 is 0 Å². The fourth-order valence-electron chi connectivity index (χ4n) is 1.72. The van der Waals surface area contributed by atoms with Crippen molar-refractivity contribution in [1.82, 2.24) is 25.2 Å². The van der Waals surface area contributed by atoms with E-state index in [0.717, 1.165) is 16.8 Å². The maximum atomic E-state index is 13.5. The minimum absolute atomic E-state index is 0.145. The molecule has 0 radical (unpaired) electrons. The second-order valence-electron chi connectivity index (χ2n) is 3.88. The summed E-state index contributed by atoms with van der Waals surface area (Å²) in [6.45, 7) is -0.334. The number of nitrogens with one attached hydrogen (secondary N) is 1. The van der Waals surface area contributed by atoms with Crippen LogP contribution in [0.4, 0.5) is 8.78 Å². The van der Waals surface area contributed by atoms with Gasteiger partial charge in [-0.3, -0.25) is 9.89 Å². The molecule has 1 N–H and O–H groups in total. The van der Waals surface area contributed by atoms with Crippen LogP contribution in [-0.2, 0) is 6.54 Å². The molecule has 3 rings (SSSR count).